The third-order valence-electron chi connectivity index (χ3n) is 7.08. The van der Waals surface area contributed by atoms with Crippen molar-refractivity contribution in [2.45, 2.75) is 24.3 Å². The Morgan fingerprint density at radius 3 is 2.51 bits per heavy atom. The lowest BCUT2D eigenvalue weighted by Gasteiger charge is -2.18. The first kappa shape index (κ1) is 31.2. The molecule has 3 N–H and O–H groups in total. The minimum Gasteiger partial charge on any atom is -0.494 e. The van der Waals surface area contributed by atoms with Gasteiger partial charge in [0.25, 0.3) is 11.8 Å². The number of pyridine rings is 2. The molecular formula is C31H32N8O5S. The first-order valence-electron chi connectivity index (χ1n) is 14.0. The van der Waals surface area contributed by atoms with E-state index in [-0.39, 0.29) is 41.5 Å². The molecule has 14 heteroatoms. The number of hydrogen-bond donors (Lipinski definition) is 3. The second kappa shape index (κ2) is 13.6. The topological polar surface area (TPSA) is 168 Å². The van der Waals surface area contributed by atoms with Gasteiger partial charge in [0, 0.05) is 71.6 Å². The minimum absolute atomic E-state index is 0.0304. The van der Waals surface area contributed by atoms with E-state index in [1.807, 2.05) is 6.07 Å². The van der Waals surface area contributed by atoms with Gasteiger partial charge in [-0.15, -0.1) is 10.2 Å². The van der Waals surface area contributed by atoms with E-state index >= 15 is 0 Å². The molecule has 1 aromatic carbocycles. The van der Waals surface area contributed by atoms with Crippen molar-refractivity contribution in [3.8, 4) is 16.9 Å². The second-order valence-corrected chi connectivity index (χ2v) is 11.8. The van der Waals surface area contributed by atoms with Crippen LogP contribution in [0.5, 0.6) is 5.75 Å². The van der Waals surface area contributed by atoms with Gasteiger partial charge < -0.3 is 25.6 Å². The molecular weight excluding hydrogens is 596 g/mol. The maximum absolute atomic E-state index is 13.1. The maximum Gasteiger partial charge on any atom is 0.273 e. The predicted molar refractivity (Wildman–Crippen MR) is 169 cm³/mol. The second-order valence-electron chi connectivity index (χ2n) is 10.4. The number of para-hydroxylation sites is 1. The van der Waals surface area contributed by atoms with Crippen LogP contribution >= 0.6 is 0 Å². The smallest absolute Gasteiger partial charge is 0.273 e. The van der Waals surface area contributed by atoms with E-state index in [1.165, 1.54) is 19.1 Å². The summed E-state index contributed by atoms with van der Waals surface area (Å²) in [5.74, 6) is -0.252. The zero-order valence-electron chi connectivity index (χ0n) is 25.2. The molecule has 1 aliphatic rings. The van der Waals surface area contributed by atoms with Gasteiger partial charge in [0.1, 0.15) is 11.4 Å². The van der Waals surface area contributed by atoms with E-state index in [2.05, 4.69) is 36.1 Å². The molecule has 1 atom stereocenters. The SMILES string of the molecule is CNC(=O)c1nnc(NC(=O)C2CC2)cc1Nc1cccc(-c2ccc(C(=O)N(C)Cc3cc([S@](C)=O)ccn3)nc2)c1OC. The summed E-state index contributed by atoms with van der Waals surface area (Å²) in [4.78, 5) is 48.8. The Balaban J connectivity index is 1.37. The van der Waals surface area contributed by atoms with Crippen LogP contribution in [0.4, 0.5) is 17.2 Å². The van der Waals surface area contributed by atoms with Gasteiger partial charge >= 0.3 is 0 Å². The van der Waals surface area contributed by atoms with Gasteiger partial charge in [-0.25, -0.2) is 0 Å². The molecule has 0 radical (unpaired) electrons. The van der Waals surface area contributed by atoms with Crippen molar-refractivity contribution in [1.82, 2.24) is 30.4 Å². The lowest BCUT2D eigenvalue weighted by atomic mass is 10.0. The Labute approximate surface area is 262 Å². The first-order valence-corrected chi connectivity index (χ1v) is 15.6. The van der Waals surface area contributed by atoms with Crippen LogP contribution in [0.2, 0.25) is 0 Å². The van der Waals surface area contributed by atoms with Gasteiger partial charge in [0.2, 0.25) is 5.91 Å². The highest BCUT2D eigenvalue weighted by Crippen LogP contribution is 2.38. The summed E-state index contributed by atoms with van der Waals surface area (Å²) in [6.45, 7) is 0.225. The van der Waals surface area contributed by atoms with Crippen LogP contribution in [0, 0.1) is 5.92 Å². The van der Waals surface area contributed by atoms with Crippen molar-refractivity contribution in [2.24, 2.45) is 5.92 Å². The van der Waals surface area contributed by atoms with E-state index < -0.39 is 16.7 Å². The first-order chi connectivity index (χ1) is 21.7. The summed E-state index contributed by atoms with van der Waals surface area (Å²) in [6.07, 6.45) is 6.41. The molecule has 3 aromatic heterocycles. The molecule has 45 heavy (non-hydrogen) atoms. The molecule has 0 bridgehead atoms. The largest absolute Gasteiger partial charge is 0.494 e. The highest BCUT2D eigenvalue weighted by Gasteiger charge is 2.30. The van der Waals surface area contributed by atoms with Crippen LogP contribution < -0.4 is 20.7 Å². The van der Waals surface area contributed by atoms with E-state index in [0.29, 0.717) is 38.8 Å². The van der Waals surface area contributed by atoms with Crippen LogP contribution in [0.25, 0.3) is 11.1 Å². The molecule has 0 unspecified atom stereocenters. The molecule has 0 saturated heterocycles. The molecule has 13 nitrogen and oxygen atoms in total. The van der Waals surface area contributed by atoms with Crippen LogP contribution in [0.15, 0.2) is 65.8 Å². The lowest BCUT2D eigenvalue weighted by molar-refractivity contribution is -0.117. The van der Waals surface area contributed by atoms with E-state index in [0.717, 1.165) is 12.8 Å². The monoisotopic (exact) mass is 628 g/mol. The zero-order chi connectivity index (χ0) is 32.1. The van der Waals surface area contributed by atoms with E-state index in [4.69, 9.17) is 4.74 Å². The normalized spacial score (nSPS) is 13.0. The zero-order valence-corrected chi connectivity index (χ0v) is 26.0. The molecule has 3 amide bonds. The molecule has 4 aromatic rings. The predicted octanol–water partition coefficient (Wildman–Crippen LogP) is 3.40. The van der Waals surface area contributed by atoms with Crippen LogP contribution in [-0.2, 0) is 22.1 Å². The van der Waals surface area contributed by atoms with Crippen molar-refractivity contribution >= 4 is 45.7 Å². The van der Waals surface area contributed by atoms with Crippen molar-refractivity contribution in [2.75, 3.05) is 38.1 Å². The summed E-state index contributed by atoms with van der Waals surface area (Å²) in [5, 5.41) is 16.6. The van der Waals surface area contributed by atoms with Crippen molar-refractivity contribution < 1.29 is 23.3 Å². The molecule has 232 valence electrons. The minimum atomic E-state index is -1.15. The van der Waals surface area contributed by atoms with Gasteiger partial charge in [-0.05, 0) is 37.1 Å². The van der Waals surface area contributed by atoms with E-state index in [9.17, 15) is 18.6 Å². The Hall–Kier alpha value is -5.24. The number of methoxy groups -OCH3 is 1. The lowest BCUT2D eigenvalue weighted by Crippen LogP contribution is -2.27. The Morgan fingerprint density at radius 2 is 1.84 bits per heavy atom. The average Bonchev–Trinajstić information content (AvgIpc) is 3.90. The maximum atomic E-state index is 13.1. The number of ether oxygens (including phenoxy) is 1. The van der Waals surface area contributed by atoms with Gasteiger partial charge in [-0.2, -0.15) is 0 Å². The number of aromatic nitrogens is 4. The van der Waals surface area contributed by atoms with Crippen molar-refractivity contribution in [1.29, 1.82) is 0 Å². The van der Waals surface area contributed by atoms with Gasteiger partial charge in [-0.3, -0.25) is 28.6 Å². The molecule has 0 spiro atoms. The van der Waals surface area contributed by atoms with Crippen molar-refractivity contribution in [3.63, 3.8) is 0 Å². The summed E-state index contributed by atoms with van der Waals surface area (Å²) in [7, 11) is 3.50. The van der Waals surface area contributed by atoms with Crippen LogP contribution in [0.1, 0.15) is 39.5 Å². The summed E-state index contributed by atoms with van der Waals surface area (Å²) < 4.78 is 17.6. The molecule has 1 fully saturated rings. The number of nitrogens with zero attached hydrogens (tertiary/aromatic N) is 5. The van der Waals surface area contributed by atoms with Crippen LogP contribution in [-0.4, -0.2) is 74.5 Å². The molecule has 1 saturated carbocycles. The molecule has 5 rings (SSSR count). The third-order valence-corrected chi connectivity index (χ3v) is 8.00. The fourth-order valence-corrected chi connectivity index (χ4v) is 5.10. The number of anilines is 3. The van der Waals surface area contributed by atoms with E-state index in [1.54, 1.807) is 68.2 Å². The number of carbonyl (C=O) groups excluding carboxylic acids is 3. The number of nitrogens with one attached hydrogen (secondary N) is 3. The number of amides is 3. The van der Waals surface area contributed by atoms with Gasteiger partial charge in [0.15, 0.2) is 11.5 Å². The summed E-state index contributed by atoms with van der Waals surface area (Å²) >= 11 is 0. The highest BCUT2D eigenvalue weighted by atomic mass is 32.2. The quantitative estimate of drug-likeness (QED) is 0.224. The standard InChI is InChI=1S/C31H32N8O5S/c1-32-30(41)27-25(15-26(37-38-27)36-29(40)18-8-9-18)35-23-7-5-6-22(28(23)44-3)19-10-11-24(34-16-19)31(42)39(2)17-20-14-21(45(4)43)12-13-33-20/h5-7,10-16,18H,8-9,17H2,1-4H3,(H,32,41)(H2,35,36,37,40)/t45-/m0/s1. The Bertz CT molecular complexity index is 1780. The Morgan fingerprint density at radius 1 is 1.04 bits per heavy atom. The van der Waals surface area contributed by atoms with Gasteiger partial charge in [-0.1, -0.05) is 18.2 Å². The van der Waals surface area contributed by atoms with Crippen molar-refractivity contribution in [3.05, 3.63) is 78.0 Å². The number of carbonyl (C=O) groups is 3. The van der Waals surface area contributed by atoms with Gasteiger partial charge in [0.05, 0.1) is 30.7 Å². The molecule has 1 aliphatic carbocycles. The number of hydrogen-bond acceptors (Lipinski definition) is 10. The third kappa shape index (κ3) is 7.29. The number of rotatable bonds is 11. The summed E-state index contributed by atoms with van der Waals surface area (Å²) in [6, 6.07) is 13.8. The number of benzene rings is 1. The highest BCUT2D eigenvalue weighted by molar-refractivity contribution is 7.84. The molecule has 3 heterocycles. The fraction of sp³-hybridized carbons (Fsp3) is 0.258. The average molecular weight is 629 g/mol. The Kier molecular flexibility index (Phi) is 9.42. The summed E-state index contributed by atoms with van der Waals surface area (Å²) in [5.41, 5.74) is 3.10. The van der Waals surface area contributed by atoms with Crippen LogP contribution in [0.3, 0.4) is 0 Å². The fourth-order valence-electron chi connectivity index (χ4n) is 4.55. The molecule has 0 aliphatic heterocycles.